The number of likely N-dealkylation sites (tertiary alicyclic amines) is 1. The van der Waals surface area contributed by atoms with Gasteiger partial charge in [-0.2, -0.15) is 0 Å². The highest BCUT2D eigenvalue weighted by atomic mass is 16.3. The lowest BCUT2D eigenvalue weighted by atomic mass is 9.94. The Bertz CT molecular complexity index is 403. The van der Waals surface area contributed by atoms with E-state index in [4.69, 9.17) is 0 Å². The molecule has 1 aromatic carbocycles. The summed E-state index contributed by atoms with van der Waals surface area (Å²) < 4.78 is 0. The highest BCUT2D eigenvalue weighted by Crippen LogP contribution is 2.25. The number of rotatable bonds is 4. The molecule has 2 fully saturated rings. The van der Waals surface area contributed by atoms with Gasteiger partial charge in [0.1, 0.15) is 0 Å². The van der Waals surface area contributed by atoms with Crippen LogP contribution in [0, 0.1) is 0 Å². The van der Waals surface area contributed by atoms with E-state index in [-0.39, 0.29) is 12.1 Å². The molecular weight excluding hydrogens is 248 g/mol. The van der Waals surface area contributed by atoms with Crippen LogP contribution in [0.3, 0.4) is 0 Å². The van der Waals surface area contributed by atoms with Crippen molar-refractivity contribution in [2.45, 2.75) is 56.8 Å². The van der Waals surface area contributed by atoms with Gasteiger partial charge in [-0.15, -0.1) is 0 Å². The molecule has 3 rings (SSSR count). The van der Waals surface area contributed by atoms with Gasteiger partial charge in [0.25, 0.3) is 0 Å². The second-order valence-corrected chi connectivity index (χ2v) is 6.29. The van der Waals surface area contributed by atoms with E-state index in [1.165, 1.54) is 37.7 Å². The van der Waals surface area contributed by atoms with Gasteiger partial charge in [0.05, 0.1) is 6.10 Å². The number of β-amino-alcohol motifs (C(OH)–C–C–N with tert-alkyl or cyclic N) is 1. The number of hydrogen-bond acceptors (Lipinski definition) is 3. The van der Waals surface area contributed by atoms with Crippen LogP contribution in [0.2, 0.25) is 0 Å². The van der Waals surface area contributed by atoms with Gasteiger partial charge >= 0.3 is 0 Å². The maximum atomic E-state index is 10.3. The number of aliphatic hydroxyl groups excluding tert-OH is 1. The van der Waals surface area contributed by atoms with Crippen LogP contribution in [0.15, 0.2) is 30.3 Å². The van der Waals surface area contributed by atoms with Crippen molar-refractivity contribution in [3.05, 3.63) is 35.9 Å². The molecule has 3 nitrogen and oxygen atoms in total. The Labute approximate surface area is 122 Å². The summed E-state index contributed by atoms with van der Waals surface area (Å²) in [5, 5.41) is 13.8. The van der Waals surface area contributed by atoms with Crippen molar-refractivity contribution in [3.8, 4) is 0 Å². The zero-order valence-corrected chi connectivity index (χ0v) is 12.2. The lowest BCUT2D eigenvalue weighted by Gasteiger charge is -2.30. The van der Waals surface area contributed by atoms with Crippen molar-refractivity contribution in [3.63, 3.8) is 0 Å². The summed E-state index contributed by atoms with van der Waals surface area (Å²) in [6.45, 7) is 2.69. The van der Waals surface area contributed by atoms with E-state index >= 15 is 0 Å². The summed E-state index contributed by atoms with van der Waals surface area (Å²) in [5.74, 6) is 0. The number of benzene rings is 1. The quantitative estimate of drug-likeness (QED) is 0.883. The number of nitrogens with zero attached hydrogens (tertiary/aromatic N) is 1. The Morgan fingerprint density at radius 1 is 1.05 bits per heavy atom. The zero-order valence-electron chi connectivity index (χ0n) is 12.2. The Morgan fingerprint density at radius 3 is 2.55 bits per heavy atom. The maximum absolute atomic E-state index is 10.3. The van der Waals surface area contributed by atoms with E-state index in [2.05, 4.69) is 34.5 Å². The van der Waals surface area contributed by atoms with Gasteiger partial charge < -0.3 is 10.4 Å². The van der Waals surface area contributed by atoms with Crippen LogP contribution in [0.4, 0.5) is 0 Å². The van der Waals surface area contributed by atoms with E-state index in [9.17, 15) is 5.11 Å². The highest BCUT2D eigenvalue weighted by Gasteiger charge is 2.34. The smallest absolute Gasteiger partial charge is 0.0832 e. The minimum absolute atomic E-state index is 0.220. The molecule has 2 N–H and O–H groups in total. The first-order valence-corrected chi connectivity index (χ1v) is 8.02. The van der Waals surface area contributed by atoms with Crippen molar-refractivity contribution < 1.29 is 5.11 Å². The molecule has 0 spiro atoms. The number of hydrogen-bond donors (Lipinski definition) is 2. The van der Waals surface area contributed by atoms with Crippen LogP contribution in [0.25, 0.3) is 0 Å². The number of nitrogens with one attached hydrogen (secondary N) is 1. The summed E-state index contributed by atoms with van der Waals surface area (Å²) in [5.41, 5.74) is 1.29. The molecule has 1 saturated carbocycles. The lowest BCUT2D eigenvalue weighted by Crippen LogP contribution is -2.39. The van der Waals surface area contributed by atoms with Crippen molar-refractivity contribution in [1.82, 2.24) is 10.2 Å². The molecule has 1 saturated heterocycles. The molecule has 0 bridgehead atoms. The Balaban J connectivity index is 1.50. The van der Waals surface area contributed by atoms with Gasteiger partial charge in [-0.25, -0.2) is 0 Å². The van der Waals surface area contributed by atoms with Crippen LogP contribution in [0.5, 0.6) is 0 Å². The van der Waals surface area contributed by atoms with Crippen molar-refractivity contribution in [2.24, 2.45) is 0 Å². The van der Waals surface area contributed by atoms with Gasteiger partial charge in [0, 0.05) is 31.7 Å². The van der Waals surface area contributed by atoms with Crippen molar-refractivity contribution in [1.29, 1.82) is 0 Å². The molecule has 110 valence electrons. The first-order chi connectivity index (χ1) is 9.83. The van der Waals surface area contributed by atoms with Crippen LogP contribution < -0.4 is 5.32 Å². The lowest BCUT2D eigenvalue weighted by molar-refractivity contribution is 0.135. The topological polar surface area (TPSA) is 35.5 Å². The molecule has 0 unspecified atom stereocenters. The predicted octanol–water partition coefficient (Wildman–Crippen LogP) is 2.15. The molecule has 0 aromatic heterocycles. The third-order valence-corrected chi connectivity index (χ3v) is 4.82. The Morgan fingerprint density at radius 2 is 1.80 bits per heavy atom. The average Bonchev–Trinajstić information content (AvgIpc) is 2.88. The fourth-order valence-corrected chi connectivity index (χ4v) is 3.61. The van der Waals surface area contributed by atoms with Crippen molar-refractivity contribution >= 4 is 0 Å². The fourth-order valence-electron chi connectivity index (χ4n) is 3.61. The van der Waals surface area contributed by atoms with Gasteiger partial charge in [-0.05, 0) is 18.4 Å². The van der Waals surface area contributed by atoms with Gasteiger partial charge in [0.15, 0.2) is 0 Å². The van der Waals surface area contributed by atoms with Gasteiger partial charge in [-0.3, -0.25) is 4.90 Å². The van der Waals surface area contributed by atoms with Gasteiger partial charge in [0.2, 0.25) is 0 Å². The molecule has 1 aliphatic heterocycles. The molecular formula is C17H26N2O. The maximum Gasteiger partial charge on any atom is 0.0832 e. The van der Waals surface area contributed by atoms with E-state index in [0.29, 0.717) is 6.04 Å². The van der Waals surface area contributed by atoms with E-state index in [0.717, 1.165) is 19.6 Å². The largest absolute Gasteiger partial charge is 0.390 e. The first-order valence-electron chi connectivity index (χ1n) is 8.02. The molecule has 1 heterocycles. The normalized spacial score (nSPS) is 28.9. The van der Waals surface area contributed by atoms with Crippen LogP contribution >= 0.6 is 0 Å². The third kappa shape index (κ3) is 3.40. The summed E-state index contributed by atoms with van der Waals surface area (Å²) >= 11 is 0. The molecule has 3 heteroatoms. The first kappa shape index (κ1) is 14.1. The van der Waals surface area contributed by atoms with E-state index in [1.54, 1.807) is 0 Å². The summed E-state index contributed by atoms with van der Waals surface area (Å²) in [7, 11) is 0. The predicted molar refractivity (Wildman–Crippen MR) is 81.5 cm³/mol. The molecule has 2 aliphatic rings. The average molecular weight is 274 g/mol. The van der Waals surface area contributed by atoms with Crippen LogP contribution in [-0.4, -0.2) is 41.3 Å². The SMILES string of the molecule is O[C@@H]1CN(C2CCCCC2)C[C@H]1NCc1ccccc1. The second-order valence-electron chi connectivity index (χ2n) is 6.29. The molecule has 1 aliphatic carbocycles. The minimum Gasteiger partial charge on any atom is -0.390 e. The minimum atomic E-state index is -0.222. The van der Waals surface area contributed by atoms with Crippen molar-refractivity contribution in [2.75, 3.05) is 13.1 Å². The molecule has 2 atom stereocenters. The standard InChI is InChI=1S/C17H26N2O/c20-17-13-19(15-9-5-2-6-10-15)12-16(17)18-11-14-7-3-1-4-8-14/h1,3-4,7-8,15-18,20H,2,5-6,9-13H2/t16-,17-/m1/s1. The zero-order chi connectivity index (χ0) is 13.8. The second kappa shape index (κ2) is 6.70. The van der Waals surface area contributed by atoms with Crippen LogP contribution in [-0.2, 0) is 6.54 Å². The molecule has 0 radical (unpaired) electrons. The fraction of sp³-hybridized carbons (Fsp3) is 0.647. The summed E-state index contributed by atoms with van der Waals surface area (Å²) in [6.07, 6.45) is 6.53. The highest BCUT2D eigenvalue weighted by molar-refractivity contribution is 5.14. The van der Waals surface area contributed by atoms with E-state index < -0.39 is 0 Å². The Hall–Kier alpha value is -0.900. The van der Waals surface area contributed by atoms with Gasteiger partial charge in [-0.1, -0.05) is 49.6 Å². The monoisotopic (exact) mass is 274 g/mol. The van der Waals surface area contributed by atoms with E-state index in [1.807, 2.05) is 6.07 Å². The number of aliphatic hydroxyl groups is 1. The molecule has 1 aromatic rings. The molecule has 0 amide bonds. The third-order valence-electron chi connectivity index (χ3n) is 4.82. The summed E-state index contributed by atoms with van der Waals surface area (Å²) in [4.78, 5) is 2.51. The molecule has 20 heavy (non-hydrogen) atoms. The van der Waals surface area contributed by atoms with Crippen LogP contribution in [0.1, 0.15) is 37.7 Å². The Kier molecular flexibility index (Phi) is 4.71. The summed E-state index contributed by atoms with van der Waals surface area (Å²) in [6, 6.07) is 11.4.